The summed E-state index contributed by atoms with van der Waals surface area (Å²) in [6, 6.07) is 13.9. The van der Waals surface area contributed by atoms with Crippen molar-refractivity contribution < 1.29 is 14.3 Å². The largest absolute Gasteiger partial charge is 0.378 e. The van der Waals surface area contributed by atoms with E-state index in [1.165, 1.54) is 11.3 Å². The molecule has 1 aliphatic heterocycles. The Bertz CT molecular complexity index is 991. The molecule has 0 aliphatic carbocycles. The zero-order valence-electron chi connectivity index (χ0n) is 16.1. The molecule has 0 radical (unpaired) electrons. The van der Waals surface area contributed by atoms with Gasteiger partial charge in [0.1, 0.15) is 5.00 Å². The first-order valence-corrected chi connectivity index (χ1v) is 11.2. The average molecular weight is 427 g/mol. The van der Waals surface area contributed by atoms with E-state index in [0.29, 0.717) is 43.3 Å². The highest BCUT2D eigenvalue weighted by Crippen LogP contribution is 2.40. The number of nitrogens with zero attached hydrogens (tertiary/aromatic N) is 1. The van der Waals surface area contributed by atoms with Crippen molar-refractivity contribution in [2.75, 3.05) is 31.6 Å². The number of carbonyl (C=O) groups excluding carboxylic acids is 2. The van der Waals surface area contributed by atoms with Gasteiger partial charge in [0.25, 0.3) is 5.91 Å². The number of nitrogens with one attached hydrogen (secondary N) is 1. The van der Waals surface area contributed by atoms with E-state index >= 15 is 0 Å². The third-order valence-corrected chi connectivity index (χ3v) is 7.00. The third-order valence-electron chi connectivity index (χ3n) is 4.86. The minimum absolute atomic E-state index is 0.0457. The molecule has 3 heterocycles. The second-order valence-corrected chi connectivity index (χ2v) is 8.89. The fourth-order valence-electron chi connectivity index (χ4n) is 3.39. The van der Waals surface area contributed by atoms with Crippen molar-refractivity contribution in [2.24, 2.45) is 0 Å². The third kappa shape index (κ3) is 4.42. The number of anilines is 1. The first-order valence-electron chi connectivity index (χ1n) is 9.51. The molecule has 3 aromatic rings. The molecule has 1 N–H and O–H groups in total. The van der Waals surface area contributed by atoms with Crippen molar-refractivity contribution in [3.8, 4) is 10.4 Å². The quantitative estimate of drug-likeness (QED) is 0.656. The number of benzene rings is 1. The van der Waals surface area contributed by atoms with Crippen LogP contribution in [0.2, 0.25) is 0 Å². The molecule has 0 saturated carbocycles. The molecule has 0 spiro atoms. The topological polar surface area (TPSA) is 58.6 Å². The smallest absolute Gasteiger partial charge is 0.257 e. The molecule has 150 valence electrons. The molecule has 29 heavy (non-hydrogen) atoms. The molecule has 2 amide bonds. The summed E-state index contributed by atoms with van der Waals surface area (Å²) in [7, 11) is 0. The van der Waals surface area contributed by atoms with Gasteiger partial charge in [-0.05, 0) is 29.5 Å². The first-order chi connectivity index (χ1) is 14.1. The van der Waals surface area contributed by atoms with E-state index in [2.05, 4.69) is 5.32 Å². The summed E-state index contributed by atoms with van der Waals surface area (Å²) in [5.41, 5.74) is 2.55. The Morgan fingerprint density at radius 1 is 1.10 bits per heavy atom. The van der Waals surface area contributed by atoms with Crippen LogP contribution in [0.25, 0.3) is 10.4 Å². The first kappa shape index (κ1) is 19.8. The van der Waals surface area contributed by atoms with Crippen LogP contribution in [0.15, 0.2) is 47.8 Å². The molecule has 1 aromatic carbocycles. The molecular weight excluding hydrogens is 404 g/mol. The van der Waals surface area contributed by atoms with Crippen molar-refractivity contribution in [3.05, 3.63) is 63.8 Å². The molecule has 1 aliphatic rings. The van der Waals surface area contributed by atoms with E-state index in [0.717, 1.165) is 20.9 Å². The number of hydrogen-bond acceptors (Lipinski definition) is 5. The average Bonchev–Trinajstić information content (AvgIpc) is 3.36. The lowest BCUT2D eigenvalue weighted by atomic mass is 10.1. The molecule has 0 atom stereocenters. The van der Waals surface area contributed by atoms with E-state index in [4.69, 9.17) is 4.74 Å². The highest BCUT2D eigenvalue weighted by atomic mass is 32.1. The van der Waals surface area contributed by atoms with Gasteiger partial charge in [0.05, 0.1) is 25.2 Å². The Labute approximate surface area is 177 Å². The zero-order valence-corrected chi connectivity index (χ0v) is 17.8. The van der Waals surface area contributed by atoms with Crippen LogP contribution in [0, 0.1) is 6.92 Å². The monoisotopic (exact) mass is 426 g/mol. The Morgan fingerprint density at radius 3 is 2.55 bits per heavy atom. The summed E-state index contributed by atoms with van der Waals surface area (Å²) in [5.74, 6) is -0.153. The molecular formula is C22H22N2O3S2. The second-order valence-electron chi connectivity index (χ2n) is 6.84. The fraction of sp³-hybridized carbons (Fsp3) is 0.273. The van der Waals surface area contributed by atoms with Crippen LogP contribution in [0.3, 0.4) is 0 Å². The van der Waals surface area contributed by atoms with Gasteiger partial charge >= 0.3 is 0 Å². The minimum Gasteiger partial charge on any atom is -0.378 e. The van der Waals surface area contributed by atoms with Crippen LogP contribution < -0.4 is 5.32 Å². The van der Waals surface area contributed by atoms with E-state index in [1.807, 2.05) is 59.7 Å². The lowest BCUT2D eigenvalue weighted by Crippen LogP contribution is -2.41. The van der Waals surface area contributed by atoms with Crippen LogP contribution >= 0.6 is 22.7 Å². The highest BCUT2D eigenvalue weighted by Gasteiger charge is 2.28. The number of morpholine rings is 1. The van der Waals surface area contributed by atoms with Crippen LogP contribution in [0.4, 0.5) is 5.00 Å². The SMILES string of the molecule is Cc1c(-c2ccccc2)sc(NC(=O)Cc2cccs2)c1C(=O)N1CCOCC1. The van der Waals surface area contributed by atoms with E-state index in [-0.39, 0.29) is 11.8 Å². The highest BCUT2D eigenvalue weighted by molar-refractivity contribution is 7.20. The fourth-order valence-corrected chi connectivity index (χ4v) is 5.31. The molecule has 4 rings (SSSR count). The summed E-state index contributed by atoms with van der Waals surface area (Å²) < 4.78 is 5.38. The summed E-state index contributed by atoms with van der Waals surface area (Å²) in [6.45, 7) is 4.18. The lowest BCUT2D eigenvalue weighted by Gasteiger charge is -2.27. The Balaban J connectivity index is 1.67. The predicted octanol–water partition coefficient (Wildman–Crippen LogP) is 4.44. The molecule has 7 heteroatoms. The van der Waals surface area contributed by atoms with E-state index < -0.39 is 0 Å². The van der Waals surface area contributed by atoms with E-state index in [9.17, 15) is 9.59 Å². The van der Waals surface area contributed by atoms with Crippen molar-refractivity contribution >= 4 is 39.5 Å². The minimum atomic E-state index is -0.107. The van der Waals surface area contributed by atoms with Gasteiger partial charge in [-0.25, -0.2) is 0 Å². The molecule has 1 fully saturated rings. The van der Waals surface area contributed by atoms with Crippen molar-refractivity contribution in [2.45, 2.75) is 13.3 Å². The maximum absolute atomic E-state index is 13.3. The summed E-state index contributed by atoms with van der Waals surface area (Å²) >= 11 is 3.02. The predicted molar refractivity (Wildman–Crippen MR) is 118 cm³/mol. The van der Waals surface area contributed by atoms with Crippen molar-refractivity contribution in [1.29, 1.82) is 0 Å². The Kier molecular flexibility index (Phi) is 6.08. The van der Waals surface area contributed by atoms with Gasteiger partial charge < -0.3 is 15.0 Å². The Morgan fingerprint density at radius 2 is 1.86 bits per heavy atom. The molecule has 2 aromatic heterocycles. The summed E-state index contributed by atoms with van der Waals surface area (Å²) in [5, 5.41) is 5.59. The summed E-state index contributed by atoms with van der Waals surface area (Å²) in [4.78, 5) is 29.8. The van der Waals surface area contributed by atoms with Gasteiger partial charge in [-0.2, -0.15) is 0 Å². The van der Waals surface area contributed by atoms with Crippen molar-refractivity contribution in [3.63, 3.8) is 0 Å². The van der Waals surface area contributed by atoms with Crippen LogP contribution in [0.5, 0.6) is 0 Å². The van der Waals surface area contributed by atoms with Crippen LogP contribution in [-0.2, 0) is 16.0 Å². The summed E-state index contributed by atoms with van der Waals surface area (Å²) in [6.07, 6.45) is 0.306. The number of carbonyl (C=O) groups is 2. The molecule has 5 nitrogen and oxygen atoms in total. The van der Waals surface area contributed by atoms with Gasteiger partial charge in [0, 0.05) is 22.8 Å². The maximum atomic E-state index is 13.3. The number of thiophene rings is 2. The number of hydrogen-bond donors (Lipinski definition) is 1. The number of amides is 2. The molecule has 0 unspecified atom stereocenters. The van der Waals surface area contributed by atoms with Crippen molar-refractivity contribution in [1.82, 2.24) is 4.90 Å². The lowest BCUT2D eigenvalue weighted by molar-refractivity contribution is -0.115. The van der Waals surface area contributed by atoms with Gasteiger partial charge in [-0.1, -0.05) is 36.4 Å². The second kappa shape index (κ2) is 8.90. The normalized spacial score (nSPS) is 14.0. The molecule has 1 saturated heterocycles. The molecule has 0 bridgehead atoms. The Hall–Kier alpha value is -2.48. The maximum Gasteiger partial charge on any atom is 0.257 e. The van der Waals surface area contributed by atoms with Crippen LogP contribution in [-0.4, -0.2) is 43.0 Å². The van der Waals surface area contributed by atoms with Gasteiger partial charge in [0.15, 0.2) is 0 Å². The van der Waals surface area contributed by atoms with Gasteiger partial charge in [0.2, 0.25) is 5.91 Å². The number of ether oxygens (including phenoxy) is 1. The van der Waals surface area contributed by atoms with E-state index in [1.54, 1.807) is 11.3 Å². The zero-order chi connectivity index (χ0) is 20.2. The number of rotatable bonds is 5. The van der Waals surface area contributed by atoms with Gasteiger partial charge in [-0.3, -0.25) is 9.59 Å². The van der Waals surface area contributed by atoms with Gasteiger partial charge in [-0.15, -0.1) is 22.7 Å². The standard InChI is InChI=1S/C22H22N2O3S2/c1-15-19(22(26)24-9-11-27-12-10-24)21(23-18(25)14-17-8-5-13-28-17)29-20(15)16-6-3-2-4-7-16/h2-8,13H,9-12,14H2,1H3,(H,23,25). The van der Waals surface area contributed by atoms with Crippen LogP contribution in [0.1, 0.15) is 20.8 Å².